The van der Waals surface area contributed by atoms with Crippen LogP contribution < -0.4 is 5.43 Å². The van der Waals surface area contributed by atoms with Crippen molar-refractivity contribution in [3.05, 3.63) is 70.2 Å². The normalized spacial score (nSPS) is 11.8. The highest BCUT2D eigenvalue weighted by Crippen LogP contribution is 2.15. The SMILES string of the molecule is Fc1ccc(N/N=C/C(Br)=C/c2ccccc2)c(F)c1. The number of hydrogen-bond acceptors (Lipinski definition) is 2. The van der Waals surface area contributed by atoms with E-state index in [0.29, 0.717) is 0 Å². The van der Waals surface area contributed by atoms with E-state index >= 15 is 0 Å². The summed E-state index contributed by atoms with van der Waals surface area (Å²) < 4.78 is 26.8. The molecule has 0 aliphatic heterocycles. The molecular formula is C15H11BrF2N2. The van der Waals surface area contributed by atoms with Gasteiger partial charge in [-0.25, -0.2) is 8.78 Å². The summed E-state index contributed by atoms with van der Waals surface area (Å²) in [7, 11) is 0. The molecule has 20 heavy (non-hydrogen) atoms. The molecule has 5 heteroatoms. The fourth-order valence-corrected chi connectivity index (χ4v) is 1.86. The van der Waals surface area contributed by atoms with Crippen LogP contribution in [0.3, 0.4) is 0 Å². The summed E-state index contributed by atoms with van der Waals surface area (Å²) in [5.74, 6) is -1.31. The van der Waals surface area contributed by atoms with Crippen LogP contribution in [0.5, 0.6) is 0 Å². The molecule has 1 N–H and O–H groups in total. The Kier molecular flexibility index (Phi) is 5.01. The molecule has 0 saturated heterocycles. The molecule has 0 fully saturated rings. The van der Waals surface area contributed by atoms with Crippen LogP contribution in [0.1, 0.15) is 5.56 Å². The van der Waals surface area contributed by atoms with Gasteiger partial charge in [-0.05, 0) is 39.7 Å². The van der Waals surface area contributed by atoms with Crippen LogP contribution in [-0.4, -0.2) is 6.21 Å². The van der Waals surface area contributed by atoms with E-state index < -0.39 is 11.6 Å². The summed E-state index contributed by atoms with van der Waals surface area (Å²) in [4.78, 5) is 0. The maximum absolute atomic E-state index is 13.3. The molecule has 0 bridgehead atoms. The summed E-state index contributed by atoms with van der Waals surface area (Å²) in [6.45, 7) is 0. The van der Waals surface area contributed by atoms with Gasteiger partial charge in [0.05, 0.1) is 11.9 Å². The number of nitrogens with one attached hydrogen (secondary N) is 1. The van der Waals surface area contributed by atoms with E-state index in [9.17, 15) is 8.78 Å². The van der Waals surface area contributed by atoms with Gasteiger partial charge in [-0.3, -0.25) is 5.43 Å². The van der Waals surface area contributed by atoms with Crippen LogP contribution in [0.15, 0.2) is 58.1 Å². The van der Waals surface area contributed by atoms with Gasteiger partial charge >= 0.3 is 0 Å². The van der Waals surface area contributed by atoms with Gasteiger partial charge in [-0.2, -0.15) is 5.10 Å². The predicted molar refractivity (Wildman–Crippen MR) is 81.8 cm³/mol. The number of rotatable bonds is 4. The Bertz CT molecular complexity index is 640. The van der Waals surface area contributed by atoms with Gasteiger partial charge in [-0.1, -0.05) is 30.3 Å². The molecule has 2 aromatic carbocycles. The minimum atomic E-state index is -0.690. The zero-order valence-corrected chi connectivity index (χ0v) is 11.9. The summed E-state index contributed by atoms with van der Waals surface area (Å²) in [6, 6.07) is 12.9. The van der Waals surface area contributed by atoms with Gasteiger partial charge in [0, 0.05) is 10.5 Å². The second kappa shape index (κ2) is 6.96. The molecule has 0 spiro atoms. The predicted octanol–water partition coefficient (Wildman–Crippen LogP) is 4.80. The lowest BCUT2D eigenvalue weighted by Crippen LogP contribution is -1.93. The average Bonchev–Trinajstić information content (AvgIpc) is 2.42. The Hall–Kier alpha value is -2.01. The topological polar surface area (TPSA) is 24.4 Å². The first kappa shape index (κ1) is 14.4. The van der Waals surface area contributed by atoms with Crippen molar-refractivity contribution in [2.75, 3.05) is 5.43 Å². The smallest absolute Gasteiger partial charge is 0.151 e. The lowest BCUT2D eigenvalue weighted by Gasteiger charge is -2.01. The summed E-state index contributed by atoms with van der Waals surface area (Å²) in [5, 5.41) is 3.88. The molecule has 0 heterocycles. The van der Waals surface area contributed by atoms with Crippen molar-refractivity contribution < 1.29 is 8.78 Å². The Balaban J connectivity index is 2.01. The highest BCUT2D eigenvalue weighted by Gasteiger charge is 2.01. The number of allylic oxidation sites excluding steroid dienone is 1. The second-order valence-corrected chi connectivity index (χ2v) is 4.85. The molecular weight excluding hydrogens is 326 g/mol. The fourth-order valence-electron chi connectivity index (χ4n) is 1.49. The fraction of sp³-hybridized carbons (Fsp3) is 0. The van der Waals surface area contributed by atoms with Crippen LogP contribution >= 0.6 is 15.9 Å². The number of nitrogens with zero attached hydrogens (tertiary/aromatic N) is 1. The number of anilines is 1. The van der Waals surface area contributed by atoms with E-state index in [-0.39, 0.29) is 5.69 Å². The van der Waals surface area contributed by atoms with Gasteiger partial charge in [0.15, 0.2) is 5.82 Å². The first-order chi connectivity index (χ1) is 9.65. The third-order valence-corrected chi connectivity index (χ3v) is 2.84. The molecule has 0 aliphatic rings. The van der Waals surface area contributed by atoms with Crippen molar-refractivity contribution >= 4 is 33.9 Å². The van der Waals surface area contributed by atoms with Crippen molar-refractivity contribution in [1.82, 2.24) is 0 Å². The zero-order valence-electron chi connectivity index (χ0n) is 10.4. The average molecular weight is 337 g/mol. The molecule has 2 nitrogen and oxygen atoms in total. The quantitative estimate of drug-likeness (QED) is 0.629. The maximum Gasteiger partial charge on any atom is 0.151 e. The van der Waals surface area contributed by atoms with Gasteiger partial charge in [0.2, 0.25) is 0 Å². The Labute approximate surface area is 124 Å². The van der Waals surface area contributed by atoms with Crippen LogP contribution in [0.2, 0.25) is 0 Å². The van der Waals surface area contributed by atoms with Gasteiger partial charge in [0.25, 0.3) is 0 Å². The summed E-state index contributed by atoms with van der Waals surface area (Å²) in [5.41, 5.74) is 3.64. The molecule has 0 saturated carbocycles. The molecule has 2 rings (SSSR count). The molecule has 0 atom stereocenters. The van der Waals surface area contributed by atoms with E-state index in [4.69, 9.17) is 0 Å². The lowest BCUT2D eigenvalue weighted by atomic mass is 10.2. The van der Waals surface area contributed by atoms with E-state index in [1.807, 2.05) is 36.4 Å². The Morgan fingerprint density at radius 1 is 1.10 bits per heavy atom. The van der Waals surface area contributed by atoms with Gasteiger partial charge < -0.3 is 0 Å². The van der Waals surface area contributed by atoms with Crippen molar-refractivity contribution in [3.8, 4) is 0 Å². The first-order valence-corrected chi connectivity index (χ1v) is 6.61. The summed E-state index contributed by atoms with van der Waals surface area (Å²) >= 11 is 3.34. The van der Waals surface area contributed by atoms with E-state index in [1.165, 1.54) is 12.3 Å². The largest absolute Gasteiger partial charge is 0.275 e. The van der Waals surface area contributed by atoms with Crippen molar-refractivity contribution in [1.29, 1.82) is 0 Å². The number of hydrazone groups is 1. The van der Waals surface area contributed by atoms with Crippen molar-refractivity contribution in [3.63, 3.8) is 0 Å². The minimum absolute atomic E-state index is 0.114. The number of hydrogen-bond donors (Lipinski definition) is 1. The maximum atomic E-state index is 13.3. The van der Waals surface area contributed by atoms with Gasteiger partial charge in [-0.15, -0.1) is 0 Å². The van der Waals surface area contributed by atoms with E-state index in [2.05, 4.69) is 26.5 Å². The third-order valence-electron chi connectivity index (χ3n) is 2.41. The molecule has 0 amide bonds. The minimum Gasteiger partial charge on any atom is -0.275 e. The molecule has 102 valence electrons. The Morgan fingerprint density at radius 2 is 1.85 bits per heavy atom. The van der Waals surface area contributed by atoms with Crippen LogP contribution in [-0.2, 0) is 0 Å². The van der Waals surface area contributed by atoms with Crippen LogP contribution in [0, 0.1) is 11.6 Å². The van der Waals surface area contributed by atoms with Crippen molar-refractivity contribution in [2.45, 2.75) is 0 Å². The Morgan fingerprint density at radius 3 is 2.55 bits per heavy atom. The molecule has 2 aromatic rings. The highest BCUT2D eigenvalue weighted by atomic mass is 79.9. The molecule has 0 aromatic heterocycles. The van der Waals surface area contributed by atoms with Gasteiger partial charge in [0.1, 0.15) is 5.82 Å². The first-order valence-electron chi connectivity index (χ1n) is 5.81. The van der Waals surface area contributed by atoms with Crippen LogP contribution in [0.25, 0.3) is 6.08 Å². The number of halogens is 3. The zero-order chi connectivity index (χ0) is 14.4. The molecule has 0 unspecified atom stereocenters. The molecule has 0 radical (unpaired) electrons. The molecule has 0 aliphatic carbocycles. The monoisotopic (exact) mass is 336 g/mol. The lowest BCUT2D eigenvalue weighted by molar-refractivity contribution is 0.585. The standard InChI is InChI=1S/C15H11BrF2N2/c16-12(8-11-4-2-1-3-5-11)10-19-20-15-7-6-13(17)9-14(15)18/h1-10,20H/b12-8-,19-10+. The third kappa shape index (κ3) is 4.28. The number of benzene rings is 2. The van der Waals surface area contributed by atoms with E-state index in [1.54, 1.807) is 0 Å². The second-order valence-electron chi connectivity index (χ2n) is 3.93. The van der Waals surface area contributed by atoms with Crippen molar-refractivity contribution in [2.24, 2.45) is 5.10 Å². The highest BCUT2D eigenvalue weighted by molar-refractivity contribution is 9.12. The van der Waals surface area contributed by atoms with E-state index in [0.717, 1.165) is 22.2 Å². The summed E-state index contributed by atoms with van der Waals surface area (Å²) in [6.07, 6.45) is 3.36. The van der Waals surface area contributed by atoms with Crippen LogP contribution in [0.4, 0.5) is 14.5 Å².